The second-order valence-electron chi connectivity index (χ2n) is 8.38. The van der Waals surface area contributed by atoms with Gasteiger partial charge in [-0.1, -0.05) is 18.2 Å². The van der Waals surface area contributed by atoms with Gasteiger partial charge in [-0.3, -0.25) is 14.8 Å². The first-order chi connectivity index (χ1) is 17.7. The fourth-order valence-corrected chi connectivity index (χ4v) is 4.23. The lowest BCUT2D eigenvalue weighted by molar-refractivity contribution is 0.249. The molecule has 9 nitrogen and oxygen atoms in total. The Labute approximate surface area is 212 Å². The fraction of sp³-hybridized carbons (Fsp3) is 0.308. The van der Waals surface area contributed by atoms with E-state index >= 15 is 8.78 Å². The Morgan fingerprint density at radius 1 is 1.19 bits per heavy atom. The first kappa shape index (κ1) is 25.8. The molecule has 1 aliphatic rings. The summed E-state index contributed by atoms with van der Waals surface area (Å²) in [5, 5.41) is 12.1. The number of urea groups is 1. The van der Waals surface area contributed by atoms with E-state index in [9.17, 15) is 4.79 Å². The molecule has 0 saturated heterocycles. The van der Waals surface area contributed by atoms with Crippen molar-refractivity contribution in [1.29, 1.82) is 5.41 Å². The largest absolute Gasteiger partial charge is 0.493 e. The summed E-state index contributed by atoms with van der Waals surface area (Å²) in [6, 6.07) is 3.81. The van der Waals surface area contributed by atoms with Crippen LogP contribution in [-0.2, 0) is 19.5 Å². The van der Waals surface area contributed by atoms with Crippen LogP contribution in [0.1, 0.15) is 43.5 Å². The lowest BCUT2D eigenvalue weighted by atomic mass is 10.0. The van der Waals surface area contributed by atoms with Crippen LogP contribution >= 0.6 is 0 Å². The van der Waals surface area contributed by atoms with Crippen LogP contribution < -0.4 is 19.3 Å². The van der Waals surface area contributed by atoms with E-state index in [1.165, 1.54) is 25.3 Å². The average Bonchev–Trinajstić information content (AvgIpc) is 3.34. The van der Waals surface area contributed by atoms with Gasteiger partial charge in [-0.25, -0.2) is 13.6 Å². The van der Waals surface area contributed by atoms with Crippen molar-refractivity contribution in [2.24, 2.45) is 0 Å². The van der Waals surface area contributed by atoms with Crippen molar-refractivity contribution in [1.82, 2.24) is 10.1 Å². The number of halogens is 2. The molecule has 37 heavy (non-hydrogen) atoms. The van der Waals surface area contributed by atoms with Crippen LogP contribution in [-0.4, -0.2) is 36.1 Å². The van der Waals surface area contributed by atoms with E-state index in [-0.39, 0.29) is 24.6 Å². The number of carbonyl (C=O) groups excluding carboxylic acids is 1. The molecule has 2 aromatic heterocycles. The van der Waals surface area contributed by atoms with Crippen molar-refractivity contribution >= 4 is 28.7 Å². The van der Waals surface area contributed by atoms with Gasteiger partial charge in [0.25, 0.3) is 0 Å². The molecule has 0 aliphatic carbocycles. The number of fused-ring (bicyclic) bond motifs is 1. The van der Waals surface area contributed by atoms with E-state index in [1.54, 1.807) is 32.1 Å². The lowest BCUT2D eigenvalue weighted by Crippen LogP contribution is -2.48. The molecule has 0 fully saturated rings. The molecule has 4 rings (SSSR count). The minimum atomic E-state index is -1.03. The van der Waals surface area contributed by atoms with Crippen molar-refractivity contribution in [3.63, 3.8) is 0 Å². The Morgan fingerprint density at radius 3 is 2.41 bits per heavy atom. The highest BCUT2D eigenvalue weighted by Crippen LogP contribution is 2.41. The van der Waals surface area contributed by atoms with Gasteiger partial charge in [-0.05, 0) is 19.9 Å². The number of amides is 2. The summed E-state index contributed by atoms with van der Waals surface area (Å²) in [6.07, 6.45) is 3.91. The van der Waals surface area contributed by atoms with E-state index in [4.69, 9.17) is 19.4 Å². The molecule has 0 atom stereocenters. The molecule has 0 saturated carbocycles. The number of ether oxygens (including phenoxy) is 2. The van der Waals surface area contributed by atoms with Crippen molar-refractivity contribution in [3.05, 3.63) is 64.8 Å². The van der Waals surface area contributed by atoms with Gasteiger partial charge in [0.15, 0.2) is 23.1 Å². The highest BCUT2D eigenvalue weighted by Gasteiger charge is 2.37. The van der Waals surface area contributed by atoms with Crippen molar-refractivity contribution in [2.45, 2.75) is 40.3 Å². The van der Waals surface area contributed by atoms with Gasteiger partial charge in [-0.15, -0.1) is 0 Å². The van der Waals surface area contributed by atoms with Crippen LogP contribution in [0.3, 0.4) is 0 Å². The molecule has 1 aromatic carbocycles. The SMILES string of the molecule is C/C=C(\C(C)=N)c1cc2c(cn1)CN(c1c(F)c(OC)cc(OC)c1F)C(=O)N2Cc1cc(CC)on1. The number of aromatic nitrogens is 2. The number of carbonyl (C=O) groups is 1. The molecule has 1 N–H and O–H groups in total. The summed E-state index contributed by atoms with van der Waals surface area (Å²) in [6.45, 7) is 5.17. The molecule has 2 amide bonds. The third kappa shape index (κ3) is 4.64. The topological polar surface area (TPSA) is 105 Å². The third-order valence-corrected chi connectivity index (χ3v) is 6.11. The number of nitrogens with one attached hydrogen (secondary N) is 1. The number of hydrogen-bond donors (Lipinski definition) is 1. The predicted octanol–water partition coefficient (Wildman–Crippen LogP) is 5.52. The molecule has 11 heteroatoms. The summed E-state index contributed by atoms with van der Waals surface area (Å²) in [4.78, 5) is 20.7. The summed E-state index contributed by atoms with van der Waals surface area (Å²) < 4.78 is 46.2. The maximum atomic E-state index is 15.4. The van der Waals surface area contributed by atoms with Gasteiger partial charge in [-0.2, -0.15) is 0 Å². The minimum absolute atomic E-state index is 0.0195. The molecular weight excluding hydrogens is 484 g/mol. The number of anilines is 2. The zero-order valence-electron chi connectivity index (χ0n) is 21.2. The molecule has 0 spiro atoms. The number of benzene rings is 1. The van der Waals surface area contributed by atoms with E-state index < -0.39 is 23.4 Å². The van der Waals surface area contributed by atoms with Gasteiger partial charge < -0.3 is 19.4 Å². The standard InChI is InChI=1S/C26H27F2N5O4/c1-6-17-8-16(31-37-17)13-32-20-9-19(18(7-2)14(3)29)30-11-15(20)12-33(26(32)34)25-23(27)21(35-4)10-22(36-5)24(25)28/h7-11,29H,6,12-13H2,1-5H3/b18-7+,29-14?. The van der Waals surface area contributed by atoms with Crippen LogP contribution in [0.5, 0.6) is 11.5 Å². The smallest absolute Gasteiger partial charge is 0.329 e. The molecule has 0 unspecified atom stereocenters. The van der Waals surface area contributed by atoms with Crippen LogP contribution in [0.25, 0.3) is 5.57 Å². The second kappa shape index (κ2) is 10.4. The quantitative estimate of drug-likeness (QED) is 0.400. The minimum Gasteiger partial charge on any atom is -0.493 e. The van der Waals surface area contributed by atoms with E-state index in [0.717, 1.165) is 11.0 Å². The first-order valence-electron chi connectivity index (χ1n) is 11.6. The van der Waals surface area contributed by atoms with Crippen molar-refractivity contribution in [2.75, 3.05) is 24.0 Å². The molecule has 0 bridgehead atoms. The first-order valence-corrected chi connectivity index (χ1v) is 11.6. The summed E-state index contributed by atoms with van der Waals surface area (Å²) in [5.41, 5.74) is 2.30. The molecule has 0 radical (unpaired) electrons. The van der Waals surface area contributed by atoms with Crippen LogP contribution in [0.15, 0.2) is 35.0 Å². The summed E-state index contributed by atoms with van der Waals surface area (Å²) in [5.74, 6) is -1.97. The number of nitrogens with zero attached hydrogens (tertiary/aromatic N) is 4. The van der Waals surface area contributed by atoms with Gasteiger partial charge >= 0.3 is 6.03 Å². The molecule has 3 aromatic rings. The highest BCUT2D eigenvalue weighted by atomic mass is 19.1. The van der Waals surface area contributed by atoms with Gasteiger partial charge in [0.2, 0.25) is 0 Å². The van der Waals surface area contributed by atoms with Crippen LogP contribution in [0.4, 0.5) is 25.0 Å². The van der Waals surface area contributed by atoms with E-state index in [1.807, 2.05) is 6.92 Å². The van der Waals surface area contributed by atoms with Gasteiger partial charge in [0.05, 0.1) is 38.7 Å². The fourth-order valence-electron chi connectivity index (χ4n) is 4.23. The van der Waals surface area contributed by atoms with Gasteiger partial charge in [0.1, 0.15) is 17.1 Å². The number of allylic oxidation sites excluding steroid dienone is 2. The summed E-state index contributed by atoms with van der Waals surface area (Å²) >= 11 is 0. The van der Waals surface area contributed by atoms with E-state index in [2.05, 4.69) is 10.1 Å². The summed E-state index contributed by atoms with van der Waals surface area (Å²) in [7, 11) is 2.48. The van der Waals surface area contributed by atoms with Crippen molar-refractivity contribution in [3.8, 4) is 11.5 Å². The van der Waals surface area contributed by atoms with Crippen molar-refractivity contribution < 1.29 is 27.6 Å². The van der Waals surface area contributed by atoms with Crippen LogP contribution in [0.2, 0.25) is 0 Å². The molecule has 1 aliphatic heterocycles. The predicted molar refractivity (Wildman–Crippen MR) is 134 cm³/mol. The number of aryl methyl sites for hydroxylation is 1. The molecule has 194 valence electrons. The van der Waals surface area contributed by atoms with E-state index in [0.29, 0.717) is 46.1 Å². The van der Waals surface area contributed by atoms with Gasteiger partial charge in [0, 0.05) is 41.6 Å². The second-order valence-corrected chi connectivity index (χ2v) is 8.38. The number of rotatable bonds is 8. The maximum absolute atomic E-state index is 15.4. The highest BCUT2D eigenvalue weighted by molar-refractivity contribution is 6.20. The van der Waals surface area contributed by atoms with Crippen LogP contribution in [0, 0.1) is 17.0 Å². The maximum Gasteiger partial charge on any atom is 0.329 e. The number of hydrogen-bond acceptors (Lipinski definition) is 7. The zero-order valence-corrected chi connectivity index (χ0v) is 21.2. The third-order valence-electron chi connectivity index (χ3n) is 6.11. The molecular formula is C26H27F2N5O4. The zero-order chi connectivity index (χ0) is 26.9. The Kier molecular flexibility index (Phi) is 7.23. The Morgan fingerprint density at radius 2 is 1.86 bits per heavy atom. The normalized spacial score (nSPS) is 13.6. The molecule has 3 heterocycles. The average molecular weight is 512 g/mol. The monoisotopic (exact) mass is 511 g/mol. The Bertz CT molecular complexity index is 1370. The Balaban J connectivity index is 1.88. The lowest BCUT2D eigenvalue weighted by Gasteiger charge is -2.37. The number of pyridine rings is 1. The Hall–Kier alpha value is -4.28. The number of methoxy groups -OCH3 is 2.